The average Bonchev–Trinajstić information content (AvgIpc) is 3.37. The number of furan rings is 1. The predicted molar refractivity (Wildman–Crippen MR) is 91.8 cm³/mol. The number of ether oxygens (including phenoxy) is 1. The second kappa shape index (κ2) is 7.35. The molecule has 3 atom stereocenters. The highest BCUT2D eigenvalue weighted by Gasteiger charge is 2.29. The van der Waals surface area contributed by atoms with Crippen LogP contribution in [-0.2, 0) is 11.3 Å². The summed E-state index contributed by atoms with van der Waals surface area (Å²) < 4.78 is 11.1. The Morgan fingerprint density at radius 3 is 3.12 bits per heavy atom. The highest BCUT2D eigenvalue weighted by atomic mass is 32.1. The van der Waals surface area contributed by atoms with Crippen molar-refractivity contribution in [3.05, 3.63) is 40.2 Å². The van der Waals surface area contributed by atoms with Crippen LogP contribution in [0.5, 0.6) is 0 Å². The van der Waals surface area contributed by atoms with Crippen LogP contribution in [0.1, 0.15) is 60.8 Å². The van der Waals surface area contributed by atoms with Crippen LogP contribution in [0.2, 0.25) is 0 Å². The SMILES string of the molecule is OC(CC1CCCN1Cc1csc(C2CCCO2)n1)c1ccco1. The third-order valence-electron chi connectivity index (χ3n) is 5.01. The third-order valence-corrected chi connectivity index (χ3v) is 5.99. The number of thiazole rings is 1. The van der Waals surface area contributed by atoms with E-state index in [2.05, 4.69) is 10.3 Å². The number of aromatic nitrogens is 1. The number of hydrogen-bond acceptors (Lipinski definition) is 6. The molecular weight excluding hydrogens is 324 g/mol. The van der Waals surface area contributed by atoms with Gasteiger partial charge < -0.3 is 14.3 Å². The maximum Gasteiger partial charge on any atom is 0.132 e. The Labute approximate surface area is 146 Å². The summed E-state index contributed by atoms with van der Waals surface area (Å²) in [6.07, 6.45) is 6.55. The van der Waals surface area contributed by atoms with E-state index < -0.39 is 6.10 Å². The van der Waals surface area contributed by atoms with E-state index >= 15 is 0 Å². The molecule has 4 rings (SSSR count). The summed E-state index contributed by atoms with van der Waals surface area (Å²) >= 11 is 1.72. The largest absolute Gasteiger partial charge is 0.467 e. The van der Waals surface area contributed by atoms with E-state index in [1.165, 1.54) is 6.42 Å². The minimum Gasteiger partial charge on any atom is -0.467 e. The smallest absolute Gasteiger partial charge is 0.132 e. The van der Waals surface area contributed by atoms with E-state index in [1.54, 1.807) is 17.6 Å². The fraction of sp³-hybridized carbons (Fsp3) is 0.611. The minimum atomic E-state index is -0.525. The minimum absolute atomic E-state index is 0.207. The van der Waals surface area contributed by atoms with Gasteiger partial charge in [0.15, 0.2) is 0 Å². The van der Waals surface area contributed by atoms with Gasteiger partial charge in [-0.2, -0.15) is 0 Å². The molecule has 2 aromatic heterocycles. The standard InChI is InChI=1S/C18H24N2O3S/c21-15(16-5-2-8-22-16)10-14-4-1-7-20(14)11-13-12-24-18(19-13)17-6-3-9-23-17/h2,5,8,12,14-15,17,21H,1,3-4,6-7,9-11H2. The van der Waals surface area contributed by atoms with Crippen molar-refractivity contribution in [2.24, 2.45) is 0 Å². The molecule has 2 aromatic rings. The van der Waals surface area contributed by atoms with Gasteiger partial charge in [-0.25, -0.2) is 4.98 Å². The molecule has 2 aliphatic heterocycles. The quantitative estimate of drug-likeness (QED) is 0.863. The third kappa shape index (κ3) is 3.57. The van der Waals surface area contributed by atoms with Crippen LogP contribution in [0.3, 0.4) is 0 Å². The van der Waals surface area contributed by atoms with Gasteiger partial charge in [0.05, 0.1) is 12.0 Å². The molecule has 0 saturated carbocycles. The molecule has 0 aliphatic carbocycles. The summed E-state index contributed by atoms with van der Waals surface area (Å²) in [5.74, 6) is 0.663. The van der Waals surface area contributed by atoms with Gasteiger partial charge in [0.25, 0.3) is 0 Å². The second-order valence-electron chi connectivity index (χ2n) is 6.71. The zero-order chi connectivity index (χ0) is 16.4. The molecule has 2 aliphatic rings. The zero-order valence-corrected chi connectivity index (χ0v) is 14.6. The van der Waals surface area contributed by atoms with Crippen molar-refractivity contribution in [2.45, 2.75) is 56.9 Å². The number of aliphatic hydroxyl groups excluding tert-OH is 1. The molecule has 5 nitrogen and oxygen atoms in total. The summed E-state index contributed by atoms with van der Waals surface area (Å²) in [7, 11) is 0. The monoisotopic (exact) mass is 348 g/mol. The Balaban J connectivity index is 1.36. The average molecular weight is 348 g/mol. The van der Waals surface area contributed by atoms with Crippen molar-refractivity contribution in [3.63, 3.8) is 0 Å². The van der Waals surface area contributed by atoms with Gasteiger partial charge in [-0.1, -0.05) is 0 Å². The molecule has 2 fully saturated rings. The van der Waals surface area contributed by atoms with E-state index in [-0.39, 0.29) is 6.10 Å². The van der Waals surface area contributed by atoms with E-state index in [0.29, 0.717) is 11.8 Å². The van der Waals surface area contributed by atoms with Gasteiger partial charge in [0, 0.05) is 24.6 Å². The molecule has 0 bridgehead atoms. The van der Waals surface area contributed by atoms with Crippen molar-refractivity contribution >= 4 is 11.3 Å². The first-order valence-corrected chi connectivity index (χ1v) is 9.69. The molecule has 0 amide bonds. The van der Waals surface area contributed by atoms with Crippen LogP contribution in [0, 0.1) is 0 Å². The van der Waals surface area contributed by atoms with Crippen molar-refractivity contribution < 1.29 is 14.3 Å². The van der Waals surface area contributed by atoms with Crippen LogP contribution in [-0.4, -0.2) is 34.2 Å². The van der Waals surface area contributed by atoms with Gasteiger partial charge in [-0.3, -0.25) is 4.90 Å². The zero-order valence-electron chi connectivity index (χ0n) is 13.8. The molecule has 130 valence electrons. The summed E-state index contributed by atoms with van der Waals surface area (Å²) in [6.45, 7) is 2.79. The number of aliphatic hydroxyl groups is 1. The number of likely N-dealkylation sites (tertiary alicyclic amines) is 1. The Morgan fingerprint density at radius 2 is 2.33 bits per heavy atom. The fourth-order valence-corrected chi connectivity index (χ4v) is 4.64. The molecule has 6 heteroatoms. The summed E-state index contributed by atoms with van der Waals surface area (Å²) in [5.41, 5.74) is 1.13. The highest BCUT2D eigenvalue weighted by molar-refractivity contribution is 7.09. The summed E-state index contributed by atoms with van der Waals surface area (Å²) in [4.78, 5) is 7.24. The maximum atomic E-state index is 10.4. The van der Waals surface area contributed by atoms with Crippen molar-refractivity contribution in [1.29, 1.82) is 0 Å². The van der Waals surface area contributed by atoms with E-state index in [4.69, 9.17) is 14.1 Å². The van der Waals surface area contributed by atoms with E-state index in [1.807, 2.05) is 12.1 Å². The Bertz CT molecular complexity index is 636. The fourth-order valence-electron chi connectivity index (χ4n) is 3.75. The molecular formula is C18H24N2O3S. The Hall–Kier alpha value is -1.21. The van der Waals surface area contributed by atoms with Crippen LogP contribution in [0.25, 0.3) is 0 Å². The lowest BCUT2D eigenvalue weighted by Gasteiger charge is -2.25. The molecule has 4 heterocycles. The molecule has 0 radical (unpaired) electrons. The molecule has 0 aromatic carbocycles. The van der Waals surface area contributed by atoms with Gasteiger partial charge in [0.2, 0.25) is 0 Å². The number of rotatable bonds is 6. The summed E-state index contributed by atoms with van der Waals surface area (Å²) in [6, 6.07) is 4.06. The number of hydrogen-bond donors (Lipinski definition) is 1. The lowest BCUT2D eigenvalue weighted by Crippen LogP contribution is -2.30. The lowest BCUT2D eigenvalue weighted by atomic mass is 10.1. The first-order valence-electron chi connectivity index (χ1n) is 8.81. The number of nitrogens with zero attached hydrogens (tertiary/aromatic N) is 2. The first kappa shape index (κ1) is 16.3. The van der Waals surface area contributed by atoms with Gasteiger partial charge in [-0.05, 0) is 50.8 Å². The van der Waals surface area contributed by atoms with Crippen LogP contribution in [0.4, 0.5) is 0 Å². The molecule has 3 unspecified atom stereocenters. The predicted octanol–water partition coefficient (Wildman–Crippen LogP) is 3.68. The topological polar surface area (TPSA) is 58.7 Å². The Morgan fingerprint density at radius 1 is 1.38 bits per heavy atom. The second-order valence-corrected chi connectivity index (χ2v) is 7.60. The first-order chi connectivity index (χ1) is 11.8. The van der Waals surface area contributed by atoms with Gasteiger partial charge in [0.1, 0.15) is 23.0 Å². The van der Waals surface area contributed by atoms with Crippen molar-refractivity contribution in [3.8, 4) is 0 Å². The maximum absolute atomic E-state index is 10.4. The van der Waals surface area contributed by atoms with Crippen LogP contribution in [0.15, 0.2) is 28.2 Å². The van der Waals surface area contributed by atoms with Gasteiger partial charge >= 0.3 is 0 Å². The lowest BCUT2D eigenvalue weighted by molar-refractivity contribution is 0.0987. The van der Waals surface area contributed by atoms with Crippen LogP contribution < -0.4 is 0 Å². The molecule has 1 N–H and O–H groups in total. The van der Waals surface area contributed by atoms with E-state index in [0.717, 1.165) is 56.1 Å². The van der Waals surface area contributed by atoms with Crippen molar-refractivity contribution in [1.82, 2.24) is 9.88 Å². The highest BCUT2D eigenvalue weighted by Crippen LogP contribution is 2.32. The Kier molecular flexibility index (Phi) is 4.98. The van der Waals surface area contributed by atoms with Gasteiger partial charge in [-0.15, -0.1) is 11.3 Å². The molecule has 0 spiro atoms. The van der Waals surface area contributed by atoms with Crippen LogP contribution >= 0.6 is 11.3 Å². The van der Waals surface area contributed by atoms with Crippen molar-refractivity contribution in [2.75, 3.05) is 13.2 Å². The summed E-state index contributed by atoms with van der Waals surface area (Å²) in [5, 5.41) is 13.6. The molecule has 2 saturated heterocycles. The normalized spacial score (nSPS) is 26.2. The molecule has 24 heavy (non-hydrogen) atoms. The van der Waals surface area contributed by atoms with E-state index in [9.17, 15) is 5.11 Å².